The minimum absolute atomic E-state index is 0.163. The third kappa shape index (κ3) is 2.41. The summed E-state index contributed by atoms with van der Waals surface area (Å²) in [7, 11) is 0. The number of ether oxygens (including phenoxy) is 1. The maximum Gasteiger partial charge on any atom is 0.0611 e. The smallest absolute Gasteiger partial charge is 0.0611 e. The molecule has 0 heterocycles. The zero-order chi connectivity index (χ0) is 10.7. The summed E-state index contributed by atoms with van der Waals surface area (Å²) >= 11 is 0. The molecule has 0 saturated heterocycles. The standard InChI is InChI=1S/C12H22N2O/c1-2-15-11-7-12(8-11,9-13)14-10-5-3-4-6-10/h3-4,10-11,14H,2,5-9,13H2,1H3. The van der Waals surface area contributed by atoms with Crippen molar-refractivity contribution in [1.82, 2.24) is 5.32 Å². The first-order valence-electron chi connectivity index (χ1n) is 6.02. The van der Waals surface area contributed by atoms with Crippen LogP contribution in [0.5, 0.6) is 0 Å². The van der Waals surface area contributed by atoms with Crippen molar-refractivity contribution in [1.29, 1.82) is 0 Å². The summed E-state index contributed by atoms with van der Waals surface area (Å²) in [5, 5.41) is 3.70. The molecule has 0 aromatic rings. The lowest BCUT2D eigenvalue weighted by atomic mass is 9.73. The molecule has 0 radical (unpaired) electrons. The molecule has 86 valence electrons. The van der Waals surface area contributed by atoms with Crippen LogP contribution < -0.4 is 11.1 Å². The fourth-order valence-corrected chi connectivity index (χ4v) is 2.68. The second kappa shape index (κ2) is 4.64. The maximum atomic E-state index is 5.87. The quantitative estimate of drug-likeness (QED) is 0.670. The van der Waals surface area contributed by atoms with Gasteiger partial charge < -0.3 is 15.8 Å². The molecule has 3 N–H and O–H groups in total. The molecule has 0 aliphatic heterocycles. The molecule has 2 rings (SSSR count). The van der Waals surface area contributed by atoms with Gasteiger partial charge in [-0.25, -0.2) is 0 Å². The normalized spacial score (nSPS) is 35.7. The zero-order valence-corrected chi connectivity index (χ0v) is 9.54. The molecule has 0 bridgehead atoms. The second-order valence-electron chi connectivity index (χ2n) is 4.75. The lowest BCUT2D eigenvalue weighted by Crippen LogP contribution is -2.64. The Morgan fingerprint density at radius 1 is 1.40 bits per heavy atom. The van der Waals surface area contributed by atoms with E-state index in [1.807, 2.05) is 0 Å². The average molecular weight is 210 g/mol. The van der Waals surface area contributed by atoms with Gasteiger partial charge in [-0.05, 0) is 32.6 Å². The van der Waals surface area contributed by atoms with Gasteiger partial charge in [0.15, 0.2) is 0 Å². The predicted molar refractivity (Wildman–Crippen MR) is 61.7 cm³/mol. The van der Waals surface area contributed by atoms with Gasteiger partial charge in [-0.1, -0.05) is 12.2 Å². The Morgan fingerprint density at radius 2 is 2.07 bits per heavy atom. The van der Waals surface area contributed by atoms with Crippen molar-refractivity contribution in [3.63, 3.8) is 0 Å². The minimum Gasteiger partial charge on any atom is -0.378 e. The van der Waals surface area contributed by atoms with Crippen molar-refractivity contribution in [2.75, 3.05) is 13.2 Å². The van der Waals surface area contributed by atoms with Crippen LogP contribution in [0.25, 0.3) is 0 Å². The molecular formula is C12H22N2O. The molecule has 0 unspecified atom stereocenters. The predicted octanol–water partition coefficient (Wildman–Crippen LogP) is 1.19. The fourth-order valence-electron chi connectivity index (χ4n) is 2.68. The average Bonchev–Trinajstić information content (AvgIpc) is 2.67. The van der Waals surface area contributed by atoms with Crippen LogP contribution in [0, 0.1) is 0 Å². The summed E-state index contributed by atoms with van der Waals surface area (Å²) in [4.78, 5) is 0. The van der Waals surface area contributed by atoms with Crippen LogP contribution in [0.1, 0.15) is 32.6 Å². The van der Waals surface area contributed by atoms with Crippen molar-refractivity contribution in [3.05, 3.63) is 12.2 Å². The van der Waals surface area contributed by atoms with Crippen molar-refractivity contribution < 1.29 is 4.74 Å². The van der Waals surface area contributed by atoms with E-state index < -0.39 is 0 Å². The number of nitrogens with one attached hydrogen (secondary N) is 1. The van der Waals surface area contributed by atoms with Gasteiger partial charge in [0.25, 0.3) is 0 Å². The molecule has 3 nitrogen and oxygen atoms in total. The molecule has 2 aliphatic carbocycles. The van der Waals surface area contributed by atoms with Crippen LogP contribution in [0.2, 0.25) is 0 Å². The van der Waals surface area contributed by atoms with Crippen molar-refractivity contribution in [2.45, 2.75) is 50.3 Å². The van der Waals surface area contributed by atoms with E-state index in [1.165, 1.54) is 0 Å². The third-order valence-corrected chi connectivity index (χ3v) is 3.55. The lowest BCUT2D eigenvalue weighted by molar-refractivity contribution is -0.0508. The van der Waals surface area contributed by atoms with Crippen LogP contribution in [0.4, 0.5) is 0 Å². The topological polar surface area (TPSA) is 47.3 Å². The Hall–Kier alpha value is -0.380. The Balaban J connectivity index is 1.78. The lowest BCUT2D eigenvalue weighted by Gasteiger charge is -2.48. The van der Waals surface area contributed by atoms with Gasteiger partial charge in [-0.3, -0.25) is 0 Å². The van der Waals surface area contributed by atoms with E-state index in [0.717, 1.165) is 38.8 Å². The summed E-state index contributed by atoms with van der Waals surface area (Å²) in [5.74, 6) is 0. The van der Waals surface area contributed by atoms with Crippen LogP contribution in [-0.2, 0) is 4.74 Å². The SMILES string of the molecule is CCOC1CC(CN)(NC2CC=CC2)C1. The highest BCUT2D eigenvalue weighted by molar-refractivity contribution is 5.08. The molecule has 2 aliphatic rings. The molecule has 0 amide bonds. The van der Waals surface area contributed by atoms with Gasteiger partial charge in [-0.2, -0.15) is 0 Å². The van der Waals surface area contributed by atoms with E-state index in [1.54, 1.807) is 0 Å². The van der Waals surface area contributed by atoms with Gasteiger partial charge >= 0.3 is 0 Å². The summed E-state index contributed by atoms with van der Waals surface area (Å²) in [6.07, 6.45) is 9.39. The van der Waals surface area contributed by atoms with Gasteiger partial charge in [-0.15, -0.1) is 0 Å². The van der Waals surface area contributed by atoms with Crippen molar-refractivity contribution in [2.24, 2.45) is 5.73 Å². The summed E-state index contributed by atoms with van der Waals surface area (Å²) in [5.41, 5.74) is 6.03. The Labute approximate surface area is 92.1 Å². The van der Waals surface area contributed by atoms with Crippen LogP contribution in [0.15, 0.2) is 12.2 Å². The first-order chi connectivity index (χ1) is 7.28. The largest absolute Gasteiger partial charge is 0.378 e. The molecule has 0 spiro atoms. The number of rotatable bonds is 5. The van der Waals surface area contributed by atoms with E-state index >= 15 is 0 Å². The van der Waals surface area contributed by atoms with Crippen LogP contribution in [0.3, 0.4) is 0 Å². The Bertz CT molecular complexity index is 226. The van der Waals surface area contributed by atoms with Gasteiger partial charge in [0.1, 0.15) is 0 Å². The molecule has 0 atom stereocenters. The summed E-state index contributed by atoms with van der Waals surface area (Å²) in [6.45, 7) is 3.60. The van der Waals surface area contributed by atoms with E-state index in [9.17, 15) is 0 Å². The second-order valence-corrected chi connectivity index (χ2v) is 4.75. The monoisotopic (exact) mass is 210 g/mol. The summed E-state index contributed by atoms with van der Waals surface area (Å²) in [6, 6.07) is 0.608. The van der Waals surface area contributed by atoms with Gasteiger partial charge in [0.2, 0.25) is 0 Å². The first-order valence-corrected chi connectivity index (χ1v) is 6.02. The van der Waals surface area contributed by atoms with E-state index in [2.05, 4.69) is 24.4 Å². The van der Waals surface area contributed by atoms with E-state index in [-0.39, 0.29) is 5.54 Å². The first kappa shape index (κ1) is 11.1. The molecule has 0 aromatic heterocycles. The maximum absolute atomic E-state index is 5.87. The molecule has 3 heteroatoms. The highest BCUT2D eigenvalue weighted by Gasteiger charge is 2.44. The third-order valence-electron chi connectivity index (χ3n) is 3.55. The zero-order valence-electron chi connectivity index (χ0n) is 9.54. The van der Waals surface area contributed by atoms with Gasteiger partial charge in [0.05, 0.1) is 6.10 Å². The molecule has 1 saturated carbocycles. The molecule has 15 heavy (non-hydrogen) atoms. The summed E-state index contributed by atoms with van der Waals surface area (Å²) < 4.78 is 5.59. The fraction of sp³-hybridized carbons (Fsp3) is 0.833. The van der Waals surface area contributed by atoms with E-state index in [0.29, 0.717) is 12.1 Å². The van der Waals surface area contributed by atoms with Crippen molar-refractivity contribution >= 4 is 0 Å². The van der Waals surface area contributed by atoms with Gasteiger partial charge in [0, 0.05) is 24.7 Å². The Kier molecular flexibility index (Phi) is 3.44. The highest BCUT2D eigenvalue weighted by atomic mass is 16.5. The number of nitrogens with two attached hydrogens (primary N) is 1. The highest BCUT2D eigenvalue weighted by Crippen LogP contribution is 2.35. The van der Waals surface area contributed by atoms with Crippen molar-refractivity contribution in [3.8, 4) is 0 Å². The number of hydrogen-bond acceptors (Lipinski definition) is 3. The molecule has 0 aromatic carbocycles. The van der Waals surface area contributed by atoms with E-state index in [4.69, 9.17) is 10.5 Å². The molecular weight excluding hydrogens is 188 g/mol. The number of hydrogen-bond donors (Lipinski definition) is 2. The van der Waals surface area contributed by atoms with Crippen LogP contribution in [-0.4, -0.2) is 30.8 Å². The minimum atomic E-state index is 0.163. The van der Waals surface area contributed by atoms with Crippen LogP contribution >= 0.6 is 0 Å². The molecule has 1 fully saturated rings. The Morgan fingerprint density at radius 3 is 2.60 bits per heavy atom.